The van der Waals surface area contributed by atoms with Crippen LogP contribution in [0.25, 0.3) is 11.3 Å². The largest absolute Gasteiger partial charge is 0.394 e. The van der Waals surface area contributed by atoms with Crippen molar-refractivity contribution in [3.8, 4) is 11.3 Å². The third kappa shape index (κ3) is 5.64. The minimum absolute atomic E-state index is 0.0374. The van der Waals surface area contributed by atoms with Gasteiger partial charge in [0.1, 0.15) is 30.0 Å². The van der Waals surface area contributed by atoms with Crippen LogP contribution in [0.2, 0.25) is 0 Å². The van der Waals surface area contributed by atoms with Crippen LogP contribution in [0.15, 0.2) is 47.1 Å². The van der Waals surface area contributed by atoms with Crippen molar-refractivity contribution in [1.82, 2.24) is 15.0 Å². The zero-order chi connectivity index (χ0) is 29.4. The van der Waals surface area contributed by atoms with E-state index >= 15 is 0 Å². The first-order chi connectivity index (χ1) is 19.6. The number of carbonyl (C=O) groups is 1. The molecule has 1 amide bonds. The number of aliphatic hydroxyl groups is 3. The molecule has 3 N–H and O–H groups in total. The standard InChI is InChI=1S/C27H28BrF3N4O6/c1-40-25-23(34-11-18(32-33-34)13-8-16(29)22(31)17(30)9-13)24(38)21(12-36)41-26(25)27(39)35(19-6-3-7-20(19)37)15-5-2-4-14(28)10-15/h2,4-5,8-11,19-21,23-26,36-38H,3,6-7,12H2,1H3/t19-,20-,21-,23+,24+,25-,26-/m1/s1. The number of anilines is 1. The third-order valence-electron chi connectivity index (χ3n) is 7.58. The summed E-state index contributed by atoms with van der Waals surface area (Å²) in [5.74, 6) is -5.03. The number of hydrogen-bond acceptors (Lipinski definition) is 8. The minimum Gasteiger partial charge on any atom is -0.394 e. The highest BCUT2D eigenvalue weighted by atomic mass is 79.9. The summed E-state index contributed by atoms with van der Waals surface area (Å²) in [6.07, 6.45) is -3.00. The van der Waals surface area contributed by atoms with E-state index in [1.807, 2.05) is 0 Å². The second-order valence-corrected chi connectivity index (χ2v) is 11.0. The summed E-state index contributed by atoms with van der Waals surface area (Å²) >= 11 is 3.42. The highest BCUT2D eigenvalue weighted by Gasteiger charge is 2.52. The number of benzene rings is 2. The molecule has 1 saturated carbocycles. The predicted molar refractivity (Wildman–Crippen MR) is 142 cm³/mol. The van der Waals surface area contributed by atoms with Crippen LogP contribution in [0.5, 0.6) is 0 Å². The molecule has 10 nitrogen and oxygen atoms in total. The lowest BCUT2D eigenvalue weighted by Gasteiger charge is -2.45. The number of carbonyl (C=O) groups excluding carboxylic acids is 1. The SMILES string of the molecule is CO[C@@H]1[C@@H](n2cc(-c3cc(F)c(F)c(F)c3)nn2)[C@@H](O)[C@@H](CO)O[C@H]1C(=O)N(c1cccc(Br)c1)[C@@H]1CCC[C@H]1O. The Morgan fingerprint density at radius 1 is 1.20 bits per heavy atom. The molecule has 0 unspecified atom stereocenters. The first kappa shape index (κ1) is 29.6. The molecular weight excluding hydrogens is 613 g/mol. The first-order valence-corrected chi connectivity index (χ1v) is 13.7. The van der Waals surface area contributed by atoms with Crippen molar-refractivity contribution in [3.63, 3.8) is 0 Å². The molecule has 2 heterocycles. The highest BCUT2D eigenvalue weighted by molar-refractivity contribution is 9.10. The summed E-state index contributed by atoms with van der Waals surface area (Å²) in [6.45, 7) is -0.656. The van der Waals surface area contributed by atoms with Crippen molar-refractivity contribution in [2.75, 3.05) is 18.6 Å². The average molecular weight is 641 g/mol. The van der Waals surface area contributed by atoms with Gasteiger partial charge >= 0.3 is 0 Å². The lowest BCUT2D eigenvalue weighted by atomic mass is 9.91. The van der Waals surface area contributed by atoms with Crippen molar-refractivity contribution in [3.05, 3.63) is 64.5 Å². The predicted octanol–water partition coefficient (Wildman–Crippen LogP) is 2.75. The van der Waals surface area contributed by atoms with Gasteiger partial charge in [0.25, 0.3) is 5.91 Å². The summed E-state index contributed by atoms with van der Waals surface area (Å²) in [6, 6.07) is 6.80. The van der Waals surface area contributed by atoms with Gasteiger partial charge in [-0.05, 0) is 49.6 Å². The normalized spacial score (nSPS) is 28.1. The quantitative estimate of drug-likeness (QED) is 0.336. The molecule has 41 heavy (non-hydrogen) atoms. The molecule has 1 aliphatic heterocycles. The van der Waals surface area contributed by atoms with Crippen LogP contribution in [0.3, 0.4) is 0 Å². The molecular formula is C27H28BrF3N4O6. The van der Waals surface area contributed by atoms with Crippen LogP contribution < -0.4 is 4.90 Å². The van der Waals surface area contributed by atoms with Crippen LogP contribution in [0.4, 0.5) is 18.9 Å². The van der Waals surface area contributed by atoms with E-state index in [2.05, 4.69) is 26.2 Å². The molecule has 220 valence electrons. The zero-order valence-corrected chi connectivity index (χ0v) is 23.4. The van der Waals surface area contributed by atoms with Gasteiger partial charge in [0.15, 0.2) is 23.6 Å². The monoisotopic (exact) mass is 640 g/mol. The van der Waals surface area contributed by atoms with E-state index in [1.54, 1.807) is 24.3 Å². The van der Waals surface area contributed by atoms with Gasteiger partial charge in [0.2, 0.25) is 0 Å². The summed E-state index contributed by atoms with van der Waals surface area (Å²) in [7, 11) is 1.31. The summed E-state index contributed by atoms with van der Waals surface area (Å²) < 4.78 is 54.7. The van der Waals surface area contributed by atoms with Crippen molar-refractivity contribution in [2.24, 2.45) is 0 Å². The van der Waals surface area contributed by atoms with Gasteiger partial charge in [-0.3, -0.25) is 4.79 Å². The molecule has 1 saturated heterocycles. The summed E-state index contributed by atoms with van der Waals surface area (Å²) in [5, 5.41) is 39.8. The Bertz CT molecular complexity index is 1390. The number of amides is 1. The molecule has 14 heteroatoms. The molecule has 2 aromatic carbocycles. The van der Waals surface area contributed by atoms with Crippen molar-refractivity contribution in [1.29, 1.82) is 0 Å². The number of methoxy groups -OCH3 is 1. The fraction of sp³-hybridized carbons (Fsp3) is 0.444. The summed E-state index contributed by atoms with van der Waals surface area (Å²) in [5.41, 5.74) is 0.357. The molecule has 7 atom stereocenters. The van der Waals surface area contributed by atoms with E-state index in [0.29, 0.717) is 29.4 Å². The van der Waals surface area contributed by atoms with Gasteiger partial charge in [-0.1, -0.05) is 27.2 Å². The lowest BCUT2D eigenvalue weighted by Crippen LogP contribution is -2.62. The molecule has 5 rings (SSSR count). The van der Waals surface area contributed by atoms with Crippen LogP contribution in [0, 0.1) is 17.5 Å². The number of halogens is 4. The fourth-order valence-electron chi connectivity index (χ4n) is 5.58. The van der Waals surface area contributed by atoms with Crippen LogP contribution in [0.1, 0.15) is 25.3 Å². The van der Waals surface area contributed by atoms with E-state index in [1.165, 1.54) is 18.2 Å². The smallest absolute Gasteiger partial charge is 0.259 e. The zero-order valence-electron chi connectivity index (χ0n) is 21.8. The van der Waals surface area contributed by atoms with Crippen molar-refractivity contribution >= 4 is 27.5 Å². The van der Waals surface area contributed by atoms with Crippen LogP contribution >= 0.6 is 15.9 Å². The Balaban J connectivity index is 1.53. The Morgan fingerprint density at radius 2 is 1.93 bits per heavy atom. The average Bonchev–Trinajstić information content (AvgIpc) is 3.61. The van der Waals surface area contributed by atoms with E-state index in [0.717, 1.165) is 16.8 Å². The number of aliphatic hydroxyl groups excluding tert-OH is 3. The maximum absolute atomic E-state index is 14.3. The molecule has 1 aliphatic carbocycles. The molecule has 0 bridgehead atoms. The number of rotatable bonds is 7. The molecule has 2 aliphatic rings. The topological polar surface area (TPSA) is 130 Å². The van der Waals surface area contributed by atoms with E-state index in [-0.39, 0.29) is 11.3 Å². The molecule has 0 radical (unpaired) electrons. The summed E-state index contributed by atoms with van der Waals surface area (Å²) in [4.78, 5) is 15.7. The Kier molecular flexibility index (Phi) is 8.78. The molecule has 0 spiro atoms. The van der Waals surface area contributed by atoms with Gasteiger partial charge < -0.3 is 29.7 Å². The number of ether oxygens (including phenoxy) is 2. The first-order valence-electron chi connectivity index (χ1n) is 12.9. The van der Waals surface area contributed by atoms with E-state index in [4.69, 9.17) is 9.47 Å². The van der Waals surface area contributed by atoms with Gasteiger partial charge in [-0.15, -0.1) is 5.10 Å². The Morgan fingerprint density at radius 3 is 2.54 bits per heavy atom. The number of nitrogens with zero attached hydrogens (tertiary/aromatic N) is 4. The molecule has 3 aromatic rings. The maximum Gasteiger partial charge on any atom is 0.259 e. The van der Waals surface area contributed by atoms with E-state index < -0.39 is 72.6 Å². The van der Waals surface area contributed by atoms with Crippen molar-refractivity contribution < 1.29 is 42.8 Å². The molecule has 2 fully saturated rings. The third-order valence-corrected chi connectivity index (χ3v) is 8.07. The fourth-order valence-corrected chi connectivity index (χ4v) is 5.97. The van der Waals surface area contributed by atoms with Crippen LogP contribution in [-0.4, -0.2) is 86.5 Å². The highest BCUT2D eigenvalue weighted by Crippen LogP contribution is 2.37. The van der Waals surface area contributed by atoms with Crippen LogP contribution in [-0.2, 0) is 14.3 Å². The maximum atomic E-state index is 14.3. The minimum atomic E-state index is -1.63. The van der Waals surface area contributed by atoms with Gasteiger partial charge in [-0.2, -0.15) is 0 Å². The number of hydrogen-bond donors (Lipinski definition) is 3. The van der Waals surface area contributed by atoms with Crippen molar-refractivity contribution in [2.45, 2.75) is 61.9 Å². The Hall–Kier alpha value is -2.88. The second-order valence-electron chi connectivity index (χ2n) is 10.1. The van der Waals surface area contributed by atoms with Gasteiger partial charge in [0, 0.05) is 22.8 Å². The number of aromatic nitrogens is 3. The second kappa shape index (κ2) is 12.2. The van der Waals surface area contributed by atoms with E-state index in [9.17, 15) is 33.3 Å². The lowest BCUT2D eigenvalue weighted by molar-refractivity contribution is -0.211. The Labute approximate surface area is 241 Å². The van der Waals surface area contributed by atoms with Gasteiger partial charge in [-0.25, -0.2) is 17.9 Å². The molecule has 1 aromatic heterocycles. The van der Waals surface area contributed by atoms with Gasteiger partial charge in [0.05, 0.1) is 24.9 Å².